The van der Waals surface area contributed by atoms with E-state index in [4.69, 9.17) is 16.1 Å². The Labute approximate surface area is 370 Å². The van der Waals surface area contributed by atoms with Crippen LogP contribution in [0.5, 0.6) is 0 Å². The van der Waals surface area contributed by atoms with Gasteiger partial charge in [-0.3, -0.25) is 19.2 Å². The normalized spacial score (nSPS) is 44.7. The smallest absolute Gasteiger partial charge is 0.310 e. The van der Waals surface area contributed by atoms with Crippen molar-refractivity contribution in [1.82, 2.24) is 10.2 Å². The van der Waals surface area contributed by atoms with Crippen LogP contribution in [0.2, 0.25) is 0 Å². The molecule has 1 N–H and O–H groups in total. The average Bonchev–Trinajstić information content (AvgIpc) is 3.58. The van der Waals surface area contributed by atoms with E-state index in [0.717, 1.165) is 102 Å². The van der Waals surface area contributed by atoms with Crippen LogP contribution >= 0.6 is 0 Å². The number of hydrogen-bond acceptors (Lipinski definition) is 6. The predicted molar refractivity (Wildman–Crippen MR) is 242 cm³/mol. The zero-order valence-electron chi connectivity index (χ0n) is 40.1. The van der Waals surface area contributed by atoms with E-state index < -0.39 is 16.4 Å². The molecule has 342 valence electrons. The van der Waals surface area contributed by atoms with E-state index in [1.54, 1.807) is 0 Å². The first kappa shape index (κ1) is 44.9. The SMILES string of the molecule is C=C(C)[C@@H]1CC[C@]2(C(=O)NC3C[C@@H](C(=O)N4CCCCC4)C3(C)C)CC[C@]3(C)[C@H](CC[C@@H]4[C@@]5(C)CC[C@H](OC(=O)C6C[C@H](C(=O)OC(C)(C)C)C6(C)C)C(=C)[C@@H]5CC[C@]43C)[C@@H]12.[HH]. The molecule has 8 fully saturated rings. The number of nitrogens with zero attached hydrogens (tertiary/aromatic N) is 1. The van der Waals surface area contributed by atoms with Gasteiger partial charge >= 0.3 is 11.9 Å². The molecule has 1 aliphatic heterocycles. The third kappa shape index (κ3) is 6.75. The van der Waals surface area contributed by atoms with Crippen LogP contribution in [0.3, 0.4) is 0 Å². The minimum absolute atomic E-state index is 0. The number of ether oxygens (including phenoxy) is 2. The Morgan fingerprint density at radius 3 is 2.05 bits per heavy atom. The minimum Gasteiger partial charge on any atom is -0.460 e. The first-order valence-corrected chi connectivity index (χ1v) is 24.7. The first-order chi connectivity index (χ1) is 28.3. The molecule has 0 aromatic rings. The summed E-state index contributed by atoms with van der Waals surface area (Å²) in [4.78, 5) is 57.6. The number of amides is 2. The maximum Gasteiger partial charge on any atom is 0.310 e. The van der Waals surface area contributed by atoms with E-state index in [2.05, 4.69) is 58.3 Å². The highest BCUT2D eigenvalue weighted by Crippen LogP contribution is 2.77. The van der Waals surface area contributed by atoms with Crippen molar-refractivity contribution in [2.75, 3.05) is 13.1 Å². The van der Waals surface area contributed by atoms with Crippen LogP contribution in [0.1, 0.15) is 174 Å². The molecule has 14 atom stereocenters. The Morgan fingerprint density at radius 1 is 0.754 bits per heavy atom. The second-order valence-corrected chi connectivity index (χ2v) is 25.1. The van der Waals surface area contributed by atoms with Crippen LogP contribution in [0, 0.1) is 79.8 Å². The summed E-state index contributed by atoms with van der Waals surface area (Å²) >= 11 is 0. The molecule has 0 radical (unpaired) electrons. The maximum atomic E-state index is 15.1. The highest BCUT2D eigenvalue weighted by atomic mass is 16.6. The predicted octanol–water partition coefficient (Wildman–Crippen LogP) is 10.9. The van der Waals surface area contributed by atoms with Crippen LogP contribution in [0.15, 0.2) is 24.3 Å². The number of rotatable bonds is 7. The van der Waals surface area contributed by atoms with E-state index in [0.29, 0.717) is 36.0 Å². The van der Waals surface area contributed by atoms with Crippen molar-refractivity contribution in [3.8, 4) is 0 Å². The Hall–Kier alpha value is -2.64. The molecule has 8 heteroatoms. The standard InChI is InChI=1S/C53H82N2O6.H2/c1-31(2)33-19-24-53(46(59)54-41-30-36(49(41,9)10)43(56)55-27-15-14-16-28-55)26-25-51(12)35(42(33)53)17-18-40-50(11)22-21-39(32(3)34(50)20-23-52(40,51)13)60-44(57)37-29-38(48(37,7)8)45(58)61-47(4,5)6;/h33-42H,1,3,14-30H2,2,4-13H3,(H,54,59);1H/t33-,34-,35+,36-,37?,38+,39-,40+,41?,42+,50-,51+,52+,53-;/m0./s1. The van der Waals surface area contributed by atoms with Crippen LogP contribution < -0.4 is 5.32 Å². The molecule has 8 aliphatic rings. The van der Waals surface area contributed by atoms with Crippen molar-refractivity contribution in [2.45, 2.75) is 190 Å². The van der Waals surface area contributed by atoms with E-state index in [1.165, 1.54) is 12.0 Å². The van der Waals surface area contributed by atoms with Gasteiger partial charge in [0.15, 0.2) is 0 Å². The Kier molecular flexibility index (Phi) is 11.0. The molecule has 0 aromatic carbocycles. The van der Waals surface area contributed by atoms with Gasteiger partial charge in [-0.05, 0) is 186 Å². The molecule has 0 spiro atoms. The van der Waals surface area contributed by atoms with Gasteiger partial charge in [0, 0.05) is 26.5 Å². The lowest BCUT2D eigenvalue weighted by Crippen LogP contribution is -2.68. The number of allylic oxidation sites excluding steroid dienone is 1. The van der Waals surface area contributed by atoms with E-state index >= 15 is 4.79 Å². The number of piperidine rings is 1. The van der Waals surface area contributed by atoms with Gasteiger partial charge in [-0.1, -0.05) is 67.2 Å². The van der Waals surface area contributed by atoms with Crippen LogP contribution in [0.4, 0.5) is 0 Å². The number of carbonyl (C=O) groups is 4. The average molecular weight is 845 g/mol. The zero-order valence-corrected chi connectivity index (χ0v) is 40.1. The fourth-order valence-corrected chi connectivity index (χ4v) is 16.4. The van der Waals surface area contributed by atoms with Crippen LogP contribution in [-0.2, 0) is 28.7 Å². The highest BCUT2D eigenvalue weighted by Gasteiger charge is 2.71. The largest absolute Gasteiger partial charge is 0.460 e. The third-order valence-electron chi connectivity index (χ3n) is 20.6. The summed E-state index contributed by atoms with van der Waals surface area (Å²) in [7, 11) is 0. The maximum absolute atomic E-state index is 15.1. The lowest BCUT2D eigenvalue weighted by Gasteiger charge is -2.71. The highest BCUT2D eigenvalue weighted by molar-refractivity contribution is 5.86. The lowest BCUT2D eigenvalue weighted by molar-refractivity contribution is -0.222. The molecule has 0 aromatic heterocycles. The van der Waals surface area contributed by atoms with Crippen molar-refractivity contribution in [1.29, 1.82) is 0 Å². The third-order valence-corrected chi connectivity index (χ3v) is 20.6. The summed E-state index contributed by atoms with van der Waals surface area (Å²) in [6.45, 7) is 35.1. The number of fused-ring (bicyclic) bond motifs is 7. The summed E-state index contributed by atoms with van der Waals surface area (Å²) in [5, 5.41) is 3.65. The monoisotopic (exact) mass is 845 g/mol. The molecule has 0 bridgehead atoms. The molecule has 61 heavy (non-hydrogen) atoms. The Balaban J connectivity index is 0.00000578. The van der Waals surface area contributed by atoms with Gasteiger partial charge in [0.25, 0.3) is 0 Å². The lowest BCUT2D eigenvalue weighted by atomic mass is 9.33. The minimum atomic E-state index is -0.562. The van der Waals surface area contributed by atoms with Crippen molar-refractivity contribution >= 4 is 23.8 Å². The molecule has 8 rings (SSSR count). The molecule has 1 saturated heterocycles. The van der Waals surface area contributed by atoms with Crippen LogP contribution in [-0.4, -0.2) is 59.5 Å². The van der Waals surface area contributed by atoms with Gasteiger partial charge in [-0.15, -0.1) is 0 Å². The van der Waals surface area contributed by atoms with Crippen molar-refractivity contribution < 1.29 is 30.1 Å². The van der Waals surface area contributed by atoms with E-state index in [1.807, 2.05) is 34.6 Å². The summed E-state index contributed by atoms with van der Waals surface area (Å²) in [5.74, 6) is 1.32. The molecule has 7 saturated carbocycles. The number of likely N-dealkylation sites (tertiary alicyclic amines) is 1. The quantitative estimate of drug-likeness (QED) is 0.202. The molecular formula is C53H84N2O6. The molecule has 2 unspecified atom stereocenters. The molecule has 7 aliphatic carbocycles. The number of esters is 2. The zero-order chi connectivity index (χ0) is 44.5. The van der Waals surface area contributed by atoms with Gasteiger partial charge < -0.3 is 19.7 Å². The molecular weight excluding hydrogens is 761 g/mol. The molecule has 8 nitrogen and oxygen atoms in total. The van der Waals surface area contributed by atoms with Gasteiger partial charge in [0.05, 0.1) is 17.3 Å². The van der Waals surface area contributed by atoms with Crippen LogP contribution in [0.25, 0.3) is 0 Å². The molecule has 2 amide bonds. The van der Waals surface area contributed by atoms with E-state index in [-0.39, 0.29) is 76.7 Å². The van der Waals surface area contributed by atoms with Gasteiger partial charge in [0.2, 0.25) is 11.8 Å². The number of nitrogens with one attached hydrogen (secondary N) is 1. The van der Waals surface area contributed by atoms with E-state index in [9.17, 15) is 14.4 Å². The van der Waals surface area contributed by atoms with Crippen molar-refractivity contribution in [3.05, 3.63) is 24.3 Å². The fraction of sp³-hybridized carbons (Fsp3) is 0.849. The second-order valence-electron chi connectivity index (χ2n) is 25.1. The van der Waals surface area contributed by atoms with Gasteiger partial charge in [0.1, 0.15) is 11.7 Å². The number of carbonyl (C=O) groups excluding carboxylic acids is 4. The summed E-state index contributed by atoms with van der Waals surface area (Å²) in [6, 6.07) is 0.0197. The summed E-state index contributed by atoms with van der Waals surface area (Å²) in [5.41, 5.74) is 0.851. The van der Waals surface area contributed by atoms with Gasteiger partial charge in [-0.2, -0.15) is 0 Å². The molecule has 1 heterocycles. The number of hydrogen-bond donors (Lipinski definition) is 1. The van der Waals surface area contributed by atoms with Crippen molar-refractivity contribution in [2.24, 2.45) is 79.8 Å². The summed E-state index contributed by atoms with van der Waals surface area (Å²) in [6.07, 6.45) is 14.5. The second kappa shape index (κ2) is 15.0. The summed E-state index contributed by atoms with van der Waals surface area (Å²) < 4.78 is 12.1. The first-order valence-electron chi connectivity index (χ1n) is 24.7. The van der Waals surface area contributed by atoms with Crippen molar-refractivity contribution in [3.63, 3.8) is 0 Å². The Morgan fingerprint density at radius 2 is 1.43 bits per heavy atom. The van der Waals surface area contributed by atoms with Gasteiger partial charge in [-0.25, -0.2) is 0 Å². The fourth-order valence-electron chi connectivity index (χ4n) is 16.4. The Bertz CT molecular complexity index is 1840. The topological polar surface area (TPSA) is 102 Å².